The zero-order valence-electron chi connectivity index (χ0n) is 16.8. The average Bonchev–Trinajstić information content (AvgIpc) is 3.36. The molecule has 162 valence electrons. The quantitative estimate of drug-likeness (QED) is 0.362. The summed E-state index contributed by atoms with van der Waals surface area (Å²) in [5.41, 5.74) is 3.43. The van der Waals surface area contributed by atoms with Gasteiger partial charge >= 0.3 is 0 Å². The maximum Gasteiger partial charge on any atom is 0.263 e. The molecule has 0 unspecified atom stereocenters. The molecule has 0 fully saturated rings. The first kappa shape index (κ1) is 20.3. The molecule has 5 aromatic rings. The number of hydrogen-bond acceptors (Lipinski definition) is 5. The van der Waals surface area contributed by atoms with Crippen molar-refractivity contribution in [1.29, 1.82) is 0 Å². The third-order valence-corrected chi connectivity index (χ3v) is 7.86. The molecule has 0 atom stereocenters. The number of benzene rings is 3. The minimum absolute atomic E-state index is 0.254. The predicted octanol–water partition coefficient (Wildman–Crippen LogP) is 3.92. The van der Waals surface area contributed by atoms with Crippen LogP contribution in [0.2, 0.25) is 0 Å². The molecule has 3 aromatic carbocycles. The van der Waals surface area contributed by atoms with Gasteiger partial charge in [0, 0.05) is 28.2 Å². The van der Waals surface area contributed by atoms with Crippen molar-refractivity contribution in [3.05, 3.63) is 72.8 Å². The minimum atomic E-state index is -4.14. The lowest BCUT2D eigenvalue weighted by Gasteiger charge is -2.11. The zero-order chi connectivity index (χ0) is 22.5. The molecule has 2 aromatic heterocycles. The number of rotatable bonds is 5. The topological polar surface area (TPSA) is 125 Å². The molecule has 0 aliphatic carbocycles. The van der Waals surface area contributed by atoms with E-state index in [1.54, 1.807) is 18.2 Å². The zero-order valence-corrected chi connectivity index (χ0v) is 18.5. The Labute approximate surface area is 184 Å². The van der Waals surface area contributed by atoms with Gasteiger partial charge in [0.2, 0.25) is 0 Å². The molecular weight excluding hydrogens is 448 g/mol. The van der Waals surface area contributed by atoms with Gasteiger partial charge in [0.05, 0.1) is 16.1 Å². The molecule has 3 N–H and O–H groups in total. The van der Waals surface area contributed by atoms with Gasteiger partial charge in [-0.25, -0.2) is 16.8 Å². The Hall–Kier alpha value is -3.63. The largest absolute Gasteiger partial charge is 0.353 e. The molecule has 0 bridgehead atoms. The monoisotopic (exact) mass is 466 g/mol. The summed E-state index contributed by atoms with van der Waals surface area (Å²) in [5, 5.41) is 9.10. The Morgan fingerprint density at radius 1 is 0.812 bits per heavy atom. The Bertz CT molecular complexity index is 1670. The smallest absolute Gasteiger partial charge is 0.263 e. The first-order valence-electron chi connectivity index (χ1n) is 9.60. The summed E-state index contributed by atoms with van der Waals surface area (Å²) in [6.07, 6.45) is 0.978. The summed E-state index contributed by atoms with van der Waals surface area (Å²) in [5.74, 6) is 0. The standard InChI is InChI=1S/C22H18N4O4S2/c1-31(27,28)20-8-4-5-9-21(20)32(29,30)26-15-10-11-18-16(13-15)22(25-24-18)19-12-14-6-2-3-7-17(14)23-19/h2-13,23,26H,1H3,(H,24,25). The number of H-pyrrole nitrogens is 2. The summed E-state index contributed by atoms with van der Waals surface area (Å²) < 4.78 is 52.6. The number of hydrogen-bond donors (Lipinski definition) is 3. The van der Waals surface area contributed by atoms with Crippen molar-refractivity contribution < 1.29 is 16.8 Å². The number of fused-ring (bicyclic) bond motifs is 2. The van der Waals surface area contributed by atoms with Crippen molar-refractivity contribution >= 4 is 47.4 Å². The third-order valence-electron chi connectivity index (χ3n) is 5.14. The second-order valence-electron chi connectivity index (χ2n) is 7.43. The van der Waals surface area contributed by atoms with Crippen molar-refractivity contribution in [1.82, 2.24) is 15.2 Å². The van der Waals surface area contributed by atoms with Crippen molar-refractivity contribution in [2.24, 2.45) is 0 Å². The summed E-state index contributed by atoms with van der Waals surface area (Å²) in [6, 6.07) is 20.3. The highest BCUT2D eigenvalue weighted by Gasteiger charge is 2.24. The third kappa shape index (κ3) is 3.53. The van der Waals surface area contributed by atoms with Gasteiger partial charge in [0.25, 0.3) is 10.0 Å². The van der Waals surface area contributed by atoms with Gasteiger partial charge < -0.3 is 4.98 Å². The molecule has 2 heterocycles. The van der Waals surface area contributed by atoms with E-state index in [1.807, 2.05) is 30.3 Å². The van der Waals surface area contributed by atoms with Crippen molar-refractivity contribution in [3.63, 3.8) is 0 Å². The molecule has 0 aliphatic heterocycles. The molecular formula is C22H18N4O4S2. The molecule has 5 rings (SSSR count). The van der Waals surface area contributed by atoms with Crippen molar-refractivity contribution in [2.75, 3.05) is 11.0 Å². The van der Waals surface area contributed by atoms with Crippen molar-refractivity contribution in [2.45, 2.75) is 9.79 Å². The van der Waals surface area contributed by atoms with Gasteiger partial charge in [0.1, 0.15) is 10.6 Å². The van der Waals surface area contributed by atoms with E-state index in [4.69, 9.17) is 0 Å². The number of aromatic amines is 2. The van der Waals surface area contributed by atoms with E-state index in [1.165, 1.54) is 24.3 Å². The van der Waals surface area contributed by atoms with Crippen LogP contribution in [0.5, 0.6) is 0 Å². The summed E-state index contributed by atoms with van der Waals surface area (Å²) >= 11 is 0. The Morgan fingerprint density at radius 3 is 2.28 bits per heavy atom. The normalized spacial score (nSPS) is 12.4. The number of para-hydroxylation sites is 1. The van der Waals surface area contributed by atoms with E-state index in [-0.39, 0.29) is 9.79 Å². The van der Waals surface area contributed by atoms with Gasteiger partial charge in [-0.2, -0.15) is 5.10 Å². The van der Waals surface area contributed by atoms with Crippen LogP contribution in [0.25, 0.3) is 33.2 Å². The maximum absolute atomic E-state index is 13.0. The van der Waals surface area contributed by atoms with E-state index in [2.05, 4.69) is 19.9 Å². The highest BCUT2D eigenvalue weighted by atomic mass is 32.2. The lowest BCUT2D eigenvalue weighted by Crippen LogP contribution is -2.16. The average molecular weight is 467 g/mol. The number of anilines is 1. The molecule has 10 heteroatoms. The van der Waals surface area contributed by atoms with Gasteiger partial charge in [0.15, 0.2) is 9.84 Å². The number of sulfonamides is 1. The van der Waals surface area contributed by atoms with Crippen LogP contribution in [0.1, 0.15) is 0 Å². The fourth-order valence-electron chi connectivity index (χ4n) is 3.67. The first-order valence-corrected chi connectivity index (χ1v) is 13.0. The SMILES string of the molecule is CS(=O)(=O)c1ccccc1S(=O)(=O)Nc1ccc2[nH]nc(-c3cc4ccccc4[nH]3)c2c1. The van der Waals surface area contributed by atoms with Crippen LogP contribution in [-0.4, -0.2) is 38.3 Å². The minimum Gasteiger partial charge on any atom is -0.353 e. The number of sulfone groups is 1. The van der Waals surface area contributed by atoms with Gasteiger partial charge in [-0.1, -0.05) is 30.3 Å². The van der Waals surface area contributed by atoms with E-state index in [9.17, 15) is 16.8 Å². The second kappa shape index (κ2) is 7.21. The van der Waals surface area contributed by atoms with Crippen molar-refractivity contribution in [3.8, 4) is 11.4 Å². The van der Waals surface area contributed by atoms with Gasteiger partial charge in [-0.15, -0.1) is 0 Å². The Balaban J connectivity index is 1.57. The summed E-state index contributed by atoms with van der Waals surface area (Å²) in [6.45, 7) is 0. The molecule has 0 saturated carbocycles. The summed E-state index contributed by atoms with van der Waals surface area (Å²) in [7, 11) is -7.87. The van der Waals surface area contributed by atoms with Gasteiger partial charge in [-0.3, -0.25) is 9.82 Å². The molecule has 0 spiro atoms. The molecule has 0 saturated heterocycles. The highest BCUT2D eigenvalue weighted by molar-refractivity contribution is 7.95. The predicted molar refractivity (Wildman–Crippen MR) is 124 cm³/mol. The molecule has 0 amide bonds. The molecule has 0 aliphatic rings. The fraction of sp³-hybridized carbons (Fsp3) is 0.0455. The van der Waals surface area contributed by atoms with E-state index >= 15 is 0 Å². The van der Waals surface area contributed by atoms with Gasteiger partial charge in [-0.05, 0) is 42.5 Å². The lowest BCUT2D eigenvalue weighted by molar-refractivity contribution is 0.588. The first-order chi connectivity index (χ1) is 15.2. The number of aromatic nitrogens is 3. The van der Waals surface area contributed by atoms with E-state index < -0.39 is 19.9 Å². The van der Waals surface area contributed by atoms with E-state index in [0.717, 1.165) is 28.4 Å². The van der Waals surface area contributed by atoms with Crippen LogP contribution in [0, 0.1) is 0 Å². The summed E-state index contributed by atoms with van der Waals surface area (Å²) in [4.78, 5) is 2.77. The highest BCUT2D eigenvalue weighted by Crippen LogP contribution is 2.31. The molecule has 8 nitrogen and oxygen atoms in total. The number of nitrogens with zero attached hydrogens (tertiary/aromatic N) is 1. The van der Waals surface area contributed by atoms with Crippen LogP contribution < -0.4 is 4.72 Å². The lowest BCUT2D eigenvalue weighted by atomic mass is 10.1. The Morgan fingerprint density at radius 2 is 1.53 bits per heavy atom. The second-order valence-corrected chi connectivity index (χ2v) is 11.1. The van der Waals surface area contributed by atoms with Crippen LogP contribution in [0.15, 0.2) is 82.6 Å². The van der Waals surface area contributed by atoms with Crippen LogP contribution in [0.3, 0.4) is 0 Å². The Kier molecular flexibility index (Phi) is 4.57. The molecule has 32 heavy (non-hydrogen) atoms. The number of nitrogens with one attached hydrogen (secondary N) is 3. The van der Waals surface area contributed by atoms with Crippen LogP contribution in [-0.2, 0) is 19.9 Å². The van der Waals surface area contributed by atoms with Crippen LogP contribution in [0.4, 0.5) is 5.69 Å². The van der Waals surface area contributed by atoms with Crippen LogP contribution >= 0.6 is 0 Å². The molecule has 0 radical (unpaired) electrons. The van der Waals surface area contributed by atoms with E-state index in [0.29, 0.717) is 16.8 Å². The maximum atomic E-state index is 13.0. The fourth-order valence-corrected chi connectivity index (χ4v) is 6.35.